The second-order valence-electron chi connectivity index (χ2n) is 11.5. The number of aliphatic hydroxyl groups excluding tert-OH is 1. The summed E-state index contributed by atoms with van der Waals surface area (Å²) in [4.78, 5) is 66.3. The van der Waals surface area contributed by atoms with Crippen molar-refractivity contribution in [1.29, 1.82) is 0 Å². The summed E-state index contributed by atoms with van der Waals surface area (Å²) < 4.78 is 10.7. The maximum atomic E-state index is 14.0. The van der Waals surface area contributed by atoms with Crippen LogP contribution in [0, 0.1) is 5.92 Å². The first kappa shape index (κ1) is 33.2. The van der Waals surface area contributed by atoms with Gasteiger partial charge >= 0.3 is 12.1 Å². The van der Waals surface area contributed by atoms with Crippen LogP contribution in [0.2, 0.25) is 0 Å². The molecule has 2 aromatic carbocycles. The topological polar surface area (TPSA) is 191 Å². The van der Waals surface area contributed by atoms with Crippen molar-refractivity contribution in [3.63, 3.8) is 0 Å². The molecule has 2 aromatic rings. The SMILES string of the molecule is CC(C)(C)OC(=O)[C@@H]1CCCN1C(=O)C(O)[C@@H](C(=O)[C@H](CC(N)=O)NC(=O)OCc1ccccc1)C(N)c1ccccc1. The van der Waals surface area contributed by atoms with Crippen LogP contribution < -0.4 is 16.8 Å². The minimum Gasteiger partial charge on any atom is -0.458 e. The van der Waals surface area contributed by atoms with E-state index in [1.54, 1.807) is 81.4 Å². The van der Waals surface area contributed by atoms with Crippen LogP contribution in [0.4, 0.5) is 4.79 Å². The standard InChI is InChI=1S/C31H40N4O8/c1-31(2,3)43-29(40)22-15-10-16-35(22)28(39)27(38)24(25(33)20-13-8-5-9-14-20)26(37)21(17-23(32)36)34-30(41)42-18-19-11-6-4-7-12-19/h4-9,11-14,21-22,24-25,27,38H,10,15-18,33H2,1-3H3,(H2,32,36)(H,34,41)/t21-,22-,24+,25?,27?/m0/s1. The first-order chi connectivity index (χ1) is 20.3. The third kappa shape index (κ3) is 9.35. The Morgan fingerprint density at radius 2 is 1.63 bits per heavy atom. The van der Waals surface area contributed by atoms with E-state index >= 15 is 0 Å². The summed E-state index contributed by atoms with van der Waals surface area (Å²) in [5, 5.41) is 13.8. The summed E-state index contributed by atoms with van der Waals surface area (Å²) in [5.41, 5.74) is 12.2. The molecule has 0 radical (unpaired) electrons. The zero-order chi connectivity index (χ0) is 31.7. The highest BCUT2D eigenvalue weighted by Gasteiger charge is 2.46. The van der Waals surface area contributed by atoms with Gasteiger partial charge in [-0.25, -0.2) is 9.59 Å². The molecular weight excluding hydrogens is 556 g/mol. The van der Waals surface area contributed by atoms with E-state index in [-0.39, 0.29) is 13.2 Å². The van der Waals surface area contributed by atoms with Crippen molar-refractivity contribution in [1.82, 2.24) is 10.2 Å². The number of esters is 1. The molecule has 0 aliphatic carbocycles. The molecule has 0 bridgehead atoms. The first-order valence-corrected chi connectivity index (χ1v) is 14.1. The lowest BCUT2D eigenvalue weighted by molar-refractivity contribution is -0.166. The summed E-state index contributed by atoms with van der Waals surface area (Å²) in [6.45, 7) is 5.14. The second kappa shape index (κ2) is 14.7. The fourth-order valence-corrected chi connectivity index (χ4v) is 4.94. The van der Waals surface area contributed by atoms with Crippen molar-refractivity contribution in [3.05, 3.63) is 71.8 Å². The van der Waals surface area contributed by atoms with Crippen molar-refractivity contribution in [2.45, 2.75) is 76.5 Å². The van der Waals surface area contributed by atoms with E-state index in [4.69, 9.17) is 20.9 Å². The Morgan fingerprint density at radius 3 is 2.21 bits per heavy atom. The number of benzene rings is 2. The van der Waals surface area contributed by atoms with Gasteiger partial charge in [0.15, 0.2) is 5.78 Å². The predicted molar refractivity (Wildman–Crippen MR) is 156 cm³/mol. The number of ether oxygens (including phenoxy) is 2. The Labute approximate surface area is 250 Å². The number of likely N-dealkylation sites (tertiary alicyclic amines) is 1. The number of hydrogen-bond donors (Lipinski definition) is 4. The van der Waals surface area contributed by atoms with Gasteiger partial charge < -0.3 is 36.3 Å². The van der Waals surface area contributed by atoms with Crippen LogP contribution in [0.1, 0.15) is 57.2 Å². The molecular formula is C31H40N4O8. The molecule has 12 heteroatoms. The van der Waals surface area contributed by atoms with E-state index in [0.717, 1.165) is 0 Å². The summed E-state index contributed by atoms with van der Waals surface area (Å²) >= 11 is 0. The lowest BCUT2D eigenvalue weighted by atomic mass is 9.81. The number of alkyl carbamates (subject to hydrolysis) is 1. The molecule has 0 aromatic heterocycles. The van der Waals surface area contributed by atoms with Gasteiger partial charge in [0.25, 0.3) is 5.91 Å². The highest BCUT2D eigenvalue weighted by molar-refractivity contribution is 5.98. The zero-order valence-corrected chi connectivity index (χ0v) is 24.6. The van der Waals surface area contributed by atoms with Crippen LogP contribution in [-0.2, 0) is 35.3 Å². The number of rotatable bonds is 12. The van der Waals surface area contributed by atoms with Gasteiger partial charge in [0.05, 0.1) is 12.3 Å². The number of nitrogens with two attached hydrogens (primary N) is 2. The number of carbonyl (C=O) groups is 5. The number of nitrogens with one attached hydrogen (secondary N) is 1. The van der Waals surface area contributed by atoms with Crippen molar-refractivity contribution in [2.75, 3.05) is 6.54 Å². The number of carbonyl (C=O) groups excluding carboxylic acids is 5. The summed E-state index contributed by atoms with van der Waals surface area (Å²) in [7, 11) is 0. The van der Waals surface area contributed by atoms with Crippen molar-refractivity contribution in [3.8, 4) is 0 Å². The Kier molecular flexibility index (Phi) is 11.4. The number of Topliss-reactive ketones (excluding diaryl/α,β-unsaturated/α-hetero) is 1. The molecule has 5 atom stereocenters. The Bertz CT molecular complexity index is 1280. The van der Waals surface area contributed by atoms with E-state index in [9.17, 15) is 29.1 Å². The lowest BCUT2D eigenvalue weighted by Crippen LogP contribution is -2.55. The van der Waals surface area contributed by atoms with Crippen molar-refractivity contribution >= 4 is 29.7 Å². The van der Waals surface area contributed by atoms with Gasteiger partial charge in [-0.3, -0.25) is 14.4 Å². The highest BCUT2D eigenvalue weighted by atomic mass is 16.6. The van der Waals surface area contributed by atoms with Gasteiger partial charge in [-0.15, -0.1) is 0 Å². The minimum absolute atomic E-state index is 0.112. The minimum atomic E-state index is -2.02. The van der Waals surface area contributed by atoms with Crippen LogP contribution in [0.5, 0.6) is 0 Å². The number of amides is 3. The number of ketones is 1. The zero-order valence-electron chi connectivity index (χ0n) is 24.6. The van der Waals surface area contributed by atoms with Gasteiger partial charge in [0.1, 0.15) is 30.4 Å². The molecule has 2 unspecified atom stereocenters. The smallest absolute Gasteiger partial charge is 0.408 e. The van der Waals surface area contributed by atoms with Crippen LogP contribution in [0.3, 0.4) is 0 Å². The Hall–Kier alpha value is -4.29. The van der Waals surface area contributed by atoms with Crippen molar-refractivity contribution < 1.29 is 38.6 Å². The van der Waals surface area contributed by atoms with E-state index in [2.05, 4.69) is 5.32 Å². The summed E-state index contributed by atoms with van der Waals surface area (Å²) in [6, 6.07) is 13.3. The van der Waals surface area contributed by atoms with E-state index in [1.807, 2.05) is 0 Å². The van der Waals surface area contributed by atoms with Crippen LogP contribution in [-0.4, -0.2) is 70.0 Å². The predicted octanol–water partition coefficient (Wildman–Crippen LogP) is 1.74. The number of hydrogen-bond acceptors (Lipinski definition) is 9. The molecule has 1 fully saturated rings. The largest absolute Gasteiger partial charge is 0.458 e. The lowest BCUT2D eigenvalue weighted by Gasteiger charge is -2.34. The van der Waals surface area contributed by atoms with Crippen molar-refractivity contribution in [2.24, 2.45) is 17.4 Å². The van der Waals surface area contributed by atoms with Crippen LogP contribution >= 0.6 is 0 Å². The molecule has 3 rings (SSSR count). The summed E-state index contributed by atoms with van der Waals surface area (Å²) in [5.74, 6) is -4.98. The molecule has 1 heterocycles. The average Bonchev–Trinajstić information content (AvgIpc) is 3.45. The van der Waals surface area contributed by atoms with E-state index in [1.165, 1.54) is 4.90 Å². The molecule has 1 aliphatic heterocycles. The normalized spacial score (nSPS) is 17.7. The molecule has 12 nitrogen and oxygen atoms in total. The fraction of sp³-hybridized carbons (Fsp3) is 0.452. The maximum absolute atomic E-state index is 14.0. The molecule has 3 amide bonds. The van der Waals surface area contributed by atoms with Gasteiger partial charge in [-0.05, 0) is 44.7 Å². The third-order valence-electron chi connectivity index (χ3n) is 6.96. The van der Waals surface area contributed by atoms with Crippen LogP contribution in [0.15, 0.2) is 60.7 Å². The highest BCUT2D eigenvalue weighted by Crippen LogP contribution is 2.29. The van der Waals surface area contributed by atoms with E-state index in [0.29, 0.717) is 24.0 Å². The maximum Gasteiger partial charge on any atom is 0.408 e. The average molecular weight is 597 g/mol. The number of primary amides is 1. The Morgan fingerprint density at radius 1 is 1.02 bits per heavy atom. The molecule has 0 saturated carbocycles. The second-order valence-corrected chi connectivity index (χ2v) is 11.5. The molecule has 1 aliphatic rings. The number of nitrogens with zero attached hydrogens (tertiary/aromatic N) is 1. The van der Waals surface area contributed by atoms with Gasteiger partial charge in [-0.1, -0.05) is 60.7 Å². The quantitative estimate of drug-likeness (QED) is 0.264. The fourth-order valence-electron chi connectivity index (χ4n) is 4.94. The first-order valence-electron chi connectivity index (χ1n) is 14.1. The monoisotopic (exact) mass is 596 g/mol. The molecule has 6 N–H and O–H groups in total. The molecule has 43 heavy (non-hydrogen) atoms. The third-order valence-corrected chi connectivity index (χ3v) is 6.96. The van der Waals surface area contributed by atoms with Gasteiger partial charge in [0, 0.05) is 12.6 Å². The van der Waals surface area contributed by atoms with Gasteiger partial charge in [0.2, 0.25) is 5.91 Å². The van der Waals surface area contributed by atoms with E-state index < -0.39 is 71.8 Å². The summed E-state index contributed by atoms with van der Waals surface area (Å²) in [6.07, 6.45) is -2.88. The number of aliphatic hydroxyl groups is 1. The van der Waals surface area contributed by atoms with Gasteiger partial charge in [-0.2, -0.15) is 0 Å². The molecule has 0 spiro atoms. The molecule has 232 valence electrons. The Balaban J connectivity index is 1.88. The van der Waals surface area contributed by atoms with Crippen LogP contribution in [0.25, 0.3) is 0 Å². The molecule has 1 saturated heterocycles.